The lowest BCUT2D eigenvalue weighted by Crippen LogP contribution is -2.49. The van der Waals surface area contributed by atoms with Gasteiger partial charge >= 0.3 is 0 Å². The lowest BCUT2D eigenvalue weighted by Gasteiger charge is -2.33. The number of hydrogen-bond donors (Lipinski definition) is 1. The maximum absolute atomic E-state index is 13.1. The summed E-state index contributed by atoms with van der Waals surface area (Å²) in [4.78, 5) is 15.4. The van der Waals surface area contributed by atoms with Crippen molar-refractivity contribution >= 4 is 5.91 Å². The highest BCUT2D eigenvalue weighted by Gasteiger charge is 2.46. The van der Waals surface area contributed by atoms with Crippen LogP contribution in [0.2, 0.25) is 0 Å². The monoisotopic (exact) mass is 290 g/mol. The van der Waals surface area contributed by atoms with Crippen molar-refractivity contribution in [2.24, 2.45) is 17.8 Å². The van der Waals surface area contributed by atoms with E-state index in [0.29, 0.717) is 17.9 Å². The average Bonchev–Trinajstić information content (AvgIpc) is 3.10. The molecule has 21 heavy (non-hydrogen) atoms. The molecule has 0 aromatic carbocycles. The molecule has 1 heterocycles. The summed E-state index contributed by atoms with van der Waals surface area (Å²) in [6.45, 7) is 2.14. The topological polar surface area (TPSA) is 32.3 Å². The third kappa shape index (κ3) is 2.86. The molecule has 118 valence electrons. The molecule has 0 aromatic heterocycles. The Morgan fingerprint density at radius 3 is 2.52 bits per heavy atom. The molecule has 0 aromatic rings. The van der Waals surface area contributed by atoms with Crippen LogP contribution in [0.15, 0.2) is 0 Å². The predicted octanol–water partition coefficient (Wildman–Crippen LogP) is 2.95. The molecule has 0 radical (unpaired) electrons. The third-order valence-corrected chi connectivity index (χ3v) is 6.46. The zero-order valence-corrected chi connectivity index (χ0v) is 13.2. The van der Waals surface area contributed by atoms with Gasteiger partial charge in [-0.25, -0.2) is 0 Å². The minimum atomic E-state index is 0.154. The molecule has 3 atom stereocenters. The van der Waals surface area contributed by atoms with Crippen molar-refractivity contribution < 1.29 is 4.79 Å². The van der Waals surface area contributed by atoms with Gasteiger partial charge in [-0.1, -0.05) is 25.7 Å². The van der Waals surface area contributed by atoms with E-state index in [-0.39, 0.29) is 6.04 Å². The molecular formula is C18H30N2O. The highest BCUT2D eigenvalue weighted by Crippen LogP contribution is 2.40. The van der Waals surface area contributed by atoms with Gasteiger partial charge in [-0.15, -0.1) is 0 Å². The Morgan fingerprint density at radius 2 is 1.76 bits per heavy atom. The number of nitrogens with zero attached hydrogens (tertiary/aromatic N) is 1. The van der Waals surface area contributed by atoms with Gasteiger partial charge in [0.15, 0.2) is 0 Å². The molecule has 3 aliphatic carbocycles. The Labute approximate surface area is 128 Å². The van der Waals surface area contributed by atoms with Crippen molar-refractivity contribution in [2.45, 2.75) is 76.3 Å². The Hall–Kier alpha value is -0.570. The molecule has 3 nitrogen and oxygen atoms in total. The van der Waals surface area contributed by atoms with Crippen LogP contribution >= 0.6 is 0 Å². The molecule has 0 bridgehead atoms. The van der Waals surface area contributed by atoms with Crippen molar-refractivity contribution in [2.75, 3.05) is 13.1 Å². The smallest absolute Gasteiger partial charge is 0.240 e. The van der Waals surface area contributed by atoms with Gasteiger partial charge in [-0.05, 0) is 62.8 Å². The summed E-state index contributed by atoms with van der Waals surface area (Å²) in [7, 11) is 0. The maximum Gasteiger partial charge on any atom is 0.240 e. The van der Waals surface area contributed by atoms with E-state index in [1.165, 1.54) is 64.2 Å². The van der Waals surface area contributed by atoms with E-state index in [0.717, 1.165) is 24.9 Å². The predicted molar refractivity (Wildman–Crippen MR) is 83.9 cm³/mol. The van der Waals surface area contributed by atoms with E-state index in [1.807, 2.05) is 0 Å². The lowest BCUT2D eigenvalue weighted by molar-refractivity contribution is -0.135. The Kier molecular flexibility index (Phi) is 3.95. The first-order chi connectivity index (χ1) is 10.3. The average molecular weight is 290 g/mol. The summed E-state index contributed by atoms with van der Waals surface area (Å²) in [5.74, 6) is 2.67. The number of carbonyl (C=O) groups excluding carboxylic acids is 1. The normalized spacial score (nSPS) is 36.7. The van der Waals surface area contributed by atoms with E-state index in [2.05, 4.69) is 10.2 Å². The second kappa shape index (κ2) is 5.91. The van der Waals surface area contributed by atoms with Gasteiger partial charge in [0, 0.05) is 12.6 Å². The minimum Gasteiger partial charge on any atom is -0.338 e. The molecule has 4 aliphatic rings. The maximum atomic E-state index is 13.1. The summed E-state index contributed by atoms with van der Waals surface area (Å²) in [5.41, 5.74) is 0. The summed E-state index contributed by atoms with van der Waals surface area (Å²) >= 11 is 0. The molecule has 4 rings (SSSR count). The SMILES string of the molecule is O=C(C1NCC2CCCC21)N(CC1CCCCC1)C1CC1. The van der Waals surface area contributed by atoms with Crippen molar-refractivity contribution in [1.82, 2.24) is 10.2 Å². The van der Waals surface area contributed by atoms with E-state index in [1.54, 1.807) is 0 Å². The lowest BCUT2D eigenvalue weighted by atomic mass is 9.88. The van der Waals surface area contributed by atoms with Crippen LogP contribution in [0.1, 0.15) is 64.2 Å². The standard InChI is InChI=1S/C18H30N2O/c21-18(17-16-8-4-7-14(16)11-19-17)20(15-9-10-15)12-13-5-2-1-3-6-13/h13-17,19H,1-12H2. The van der Waals surface area contributed by atoms with E-state index in [4.69, 9.17) is 0 Å². The zero-order valence-electron chi connectivity index (χ0n) is 13.2. The first kappa shape index (κ1) is 14.0. The van der Waals surface area contributed by atoms with Crippen LogP contribution in [-0.4, -0.2) is 36.0 Å². The Balaban J connectivity index is 1.42. The highest BCUT2D eigenvalue weighted by molar-refractivity contribution is 5.83. The number of fused-ring (bicyclic) bond motifs is 1. The van der Waals surface area contributed by atoms with Crippen molar-refractivity contribution in [3.8, 4) is 0 Å². The van der Waals surface area contributed by atoms with Crippen LogP contribution in [0.25, 0.3) is 0 Å². The van der Waals surface area contributed by atoms with Gasteiger partial charge < -0.3 is 10.2 Å². The zero-order chi connectivity index (χ0) is 14.2. The summed E-state index contributed by atoms with van der Waals surface area (Å²) in [5, 5.41) is 3.57. The number of nitrogens with one attached hydrogen (secondary N) is 1. The fraction of sp³-hybridized carbons (Fsp3) is 0.944. The molecular weight excluding hydrogens is 260 g/mol. The first-order valence-electron chi connectivity index (χ1n) is 9.37. The van der Waals surface area contributed by atoms with Crippen LogP contribution in [0.4, 0.5) is 0 Å². The molecule has 1 saturated heterocycles. The van der Waals surface area contributed by atoms with E-state index in [9.17, 15) is 4.79 Å². The van der Waals surface area contributed by atoms with Crippen LogP contribution in [0.5, 0.6) is 0 Å². The van der Waals surface area contributed by atoms with Gasteiger partial charge in [0.1, 0.15) is 0 Å². The van der Waals surface area contributed by atoms with Crippen molar-refractivity contribution in [3.63, 3.8) is 0 Å². The van der Waals surface area contributed by atoms with Crippen LogP contribution in [-0.2, 0) is 4.79 Å². The molecule has 1 aliphatic heterocycles. The van der Waals surface area contributed by atoms with E-state index < -0.39 is 0 Å². The van der Waals surface area contributed by atoms with Gasteiger partial charge in [0.05, 0.1) is 6.04 Å². The number of carbonyl (C=O) groups is 1. The third-order valence-electron chi connectivity index (χ3n) is 6.46. The van der Waals surface area contributed by atoms with Crippen LogP contribution in [0, 0.1) is 17.8 Å². The number of rotatable bonds is 4. The van der Waals surface area contributed by atoms with Crippen molar-refractivity contribution in [3.05, 3.63) is 0 Å². The molecule has 0 spiro atoms. The van der Waals surface area contributed by atoms with Crippen molar-refractivity contribution in [1.29, 1.82) is 0 Å². The fourth-order valence-corrected chi connectivity index (χ4v) is 5.09. The molecule has 1 amide bonds. The molecule has 3 unspecified atom stereocenters. The highest BCUT2D eigenvalue weighted by atomic mass is 16.2. The summed E-state index contributed by atoms with van der Waals surface area (Å²) in [6, 6.07) is 0.739. The van der Waals surface area contributed by atoms with Crippen LogP contribution < -0.4 is 5.32 Å². The number of hydrogen-bond acceptors (Lipinski definition) is 2. The largest absolute Gasteiger partial charge is 0.338 e. The molecule has 3 heteroatoms. The first-order valence-corrected chi connectivity index (χ1v) is 9.37. The second-order valence-electron chi connectivity index (χ2n) is 7.97. The second-order valence-corrected chi connectivity index (χ2v) is 7.97. The number of amides is 1. The van der Waals surface area contributed by atoms with E-state index >= 15 is 0 Å². The van der Waals surface area contributed by atoms with Crippen LogP contribution in [0.3, 0.4) is 0 Å². The van der Waals surface area contributed by atoms with Gasteiger partial charge in [-0.3, -0.25) is 4.79 Å². The Bertz CT molecular complexity index is 387. The summed E-state index contributed by atoms with van der Waals surface area (Å²) in [6.07, 6.45) is 13.3. The quantitative estimate of drug-likeness (QED) is 0.863. The molecule has 3 saturated carbocycles. The summed E-state index contributed by atoms with van der Waals surface area (Å²) < 4.78 is 0. The van der Waals surface area contributed by atoms with Gasteiger partial charge in [0.2, 0.25) is 5.91 Å². The molecule has 1 N–H and O–H groups in total. The minimum absolute atomic E-state index is 0.154. The van der Waals surface area contributed by atoms with Gasteiger partial charge in [-0.2, -0.15) is 0 Å². The molecule has 4 fully saturated rings. The van der Waals surface area contributed by atoms with Gasteiger partial charge in [0.25, 0.3) is 0 Å². The Morgan fingerprint density at radius 1 is 0.952 bits per heavy atom. The fourth-order valence-electron chi connectivity index (χ4n) is 5.09.